The van der Waals surface area contributed by atoms with Crippen LogP contribution in [-0.4, -0.2) is 58.9 Å². The zero-order valence-electron chi connectivity index (χ0n) is 20.0. The number of ether oxygens (including phenoxy) is 1. The fourth-order valence-electron chi connectivity index (χ4n) is 4.74. The Labute approximate surface area is 196 Å². The van der Waals surface area contributed by atoms with E-state index >= 15 is 0 Å². The SMILES string of the molecule is COCCn1c(C2CCN(CCc3ccc(C(C)(C)C(=O)O)cc3)CC2)nc2ccccc21. The van der Waals surface area contributed by atoms with Crippen LogP contribution >= 0.6 is 0 Å². The van der Waals surface area contributed by atoms with Gasteiger partial charge in [0, 0.05) is 26.1 Å². The molecule has 0 atom stereocenters. The summed E-state index contributed by atoms with van der Waals surface area (Å²) >= 11 is 0. The van der Waals surface area contributed by atoms with Crippen LogP contribution in [0, 0.1) is 0 Å². The van der Waals surface area contributed by atoms with Crippen molar-refractivity contribution in [2.45, 2.75) is 51.0 Å². The third kappa shape index (κ3) is 5.12. The van der Waals surface area contributed by atoms with Gasteiger partial charge in [-0.25, -0.2) is 4.98 Å². The van der Waals surface area contributed by atoms with Crippen LogP contribution in [0.4, 0.5) is 0 Å². The fraction of sp³-hybridized carbons (Fsp3) is 0.481. The lowest BCUT2D eigenvalue weighted by Gasteiger charge is -2.32. The van der Waals surface area contributed by atoms with Gasteiger partial charge >= 0.3 is 5.97 Å². The molecule has 1 fully saturated rings. The van der Waals surface area contributed by atoms with E-state index in [0.29, 0.717) is 12.5 Å². The van der Waals surface area contributed by atoms with Gasteiger partial charge in [-0.2, -0.15) is 0 Å². The molecule has 6 nitrogen and oxygen atoms in total. The van der Waals surface area contributed by atoms with Crippen LogP contribution in [0.2, 0.25) is 0 Å². The first kappa shape index (κ1) is 23.5. The zero-order chi connectivity index (χ0) is 23.4. The number of para-hydroxylation sites is 2. The summed E-state index contributed by atoms with van der Waals surface area (Å²) < 4.78 is 7.70. The largest absolute Gasteiger partial charge is 0.481 e. The molecule has 1 aromatic heterocycles. The standard InChI is InChI=1S/C27H35N3O3/c1-27(2,26(31)32)22-10-8-20(9-11-22)12-15-29-16-13-21(14-17-29)25-28-23-6-4-5-7-24(23)30(25)18-19-33-3/h4-11,21H,12-19H2,1-3H3,(H,31,32). The van der Waals surface area contributed by atoms with Gasteiger partial charge in [-0.05, 0) is 69.5 Å². The number of aromatic nitrogens is 2. The highest BCUT2D eigenvalue weighted by Crippen LogP contribution is 2.30. The lowest BCUT2D eigenvalue weighted by Crippen LogP contribution is -2.35. The highest BCUT2D eigenvalue weighted by Gasteiger charge is 2.29. The molecule has 0 spiro atoms. The monoisotopic (exact) mass is 449 g/mol. The van der Waals surface area contributed by atoms with Crippen LogP contribution in [0.25, 0.3) is 11.0 Å². The Bertz CT molecular complexity index is 1080. The van der Waals surface area contributed by atoms with Gasteiger partial charge in [0.2, 0.25) is 0 Å². The number of carbonyl (C=O) groups is 1. The van der Waals surface area contributed by atoms with E-state index < -0.39 is 11.4 Å². The second kappa shape index (κ2) is 10.1. The van der Waals surface area contributed by atoms with E-state index in [1.165, 1.54) is 16.9 Å². The Morgan fingerprint density at radius 2 is 1.79 bits per heavy atom. The van der Waals surface area contributed by atoms with Gasteiger partial charge in [-0.3, -0.25) is 4.79 Å². The summed E-state index contributed by atoms with van der Waals surface area (Å²) in [6.07, 6.45) is 3.20. The number of carboxylic acids is 1. The minimum atomic E-state index is -0.861. The molecule has 1 N–H and O–H groups in total. The van der Waals surface area contributed by atoms with E-state index in [2.05, 4.69) is 45.9 Å². The molecule has 3 aromatic rings. The van der Waals surface area contributed by atoms with Gasteiger partial charge in [-0.1, -0.05) is 36.4 Å². The zero-order valence-corrected chi connectivity index (χ0v) is 20.0. The van der Waals surface area contributed by atoms with Crippen LogP contribution in [-0.2, 0) is 27.9 Å². The summed E-state index contributed by atoms with van der Waals surface area (Å²) in [5, 5.41) is 9.42. The lowest BCUT2D eigenvalue weighted by atomic mass is 9.84. The van der Waals surface area contributed by atoms with Crippen LogP contribution < -0.4 is 0 Å². The molecule has 6 heteroatoms. The Balaban J connectivity index is 1.35. The molecule has 0 radical (unpaired) electrons. The first-order valence-electron chi connectivity index (χ1n) is 11.9. The first-order chi connectivity index (χ1) is 15.9. The smallest absolute Gasteiger partial charge is 0.313 e. The average Bonchev–Trinajstić information content (AvgIpc) is 3.20. The topological polar surface area (TPSA) is 67.6 Å². The quantitative estimate of drug-likeness (QED) is 0.522. The molecule has 0 saturated carbocycles. The molecule has 0 bridgehead atoms. The van der Waals surface area contributed by atoms with Crippen LogP contribution in [0.15, 0.2) is 48.5 Å². The molecule has 1 saturated heterocycles. The van der Waals surface area contributed by atoms with Crippen molar-refractivity contribution in [3.05, 3.63) is 65.5 Å². The minimum Gasteiger partial charge on any atom is -0.481 e. The molecule has 33 heavy (non-hydrogen) atoms. The normalized spacial score (nSPS) is 15.8. The highest BCUT2D eigenvalue weighted by atomic mass is 16.5. The maximum absolute atomic E-state index is 11.5. The molecule has 4 rings (SSSR count). The third-order valence-electron chi connectivity index (χ3n) is 7.08. The number of rotatable bonds is 9. The van der Waals surface area contributed by atoms with Gasteiger partial charge in [0.1, 0.15) is 5.82 Å². The summed E-state index contributed by atoms with van der Waals surface area (Å²) in [5.41, 5.74) is 3.50. The molecular weight excluding hydrogens is 414 g/mol. The predicted molar refractivity (Wildman–Crippen MR) is 131 cm³/mol. The van der Waals surface area contributed by atoms with E-state index in [1.807, 2.05) is 12.1 Å². The van der Waals surface area contributed by atoms with E-state index in [9.17, 15) is 9.90 Å². The number of imidazole rings is 1. The number of piperidine rings is 1. The van der Waals surface area contributed by atoms with Crippen molar-refractivity contribution in [2.75, 3.05) is 33.4 Å². The predicted octanol–water partition coefficient (Wildman–Crippen LogP) is 4.47. The maximum atomic E-state index is 11.5. The number of hydrogen-bond acceptors (Lipinski definition) is 4. The van der Waals surface area contributed by atoms with Crippen molar-refractivity contribution >= 4 is 17.0 Å². The van der Waals surface area contributed by atoms with Crippen molar-refractivity contribution in [1.29, 1.82) is 0 Å². The number of nitrogens with zero attached hydrogens (tertiary/aromatic N) is 3. The lowest BCUT2D eigenvalue weighted by molar-refractivity contribution is -0.142. The molecule has 1 aliphatic rings. The first-order valence-corrected chi connectivity index (χ1v) is 11.9. The van der Waals surface area contributed by atoms with Gasteiger partial charge in [-0.15, -0.1) is 0 Å². The van der Waals surface area contributed by atoms with Crippen LogP contribution in [0.5, 0.6) is 0 Å². The molecule has 176 valence electrons. The van der Waals surface area contributed by atoms with E-state index in [-0.39, 0.29) is 0 Å². The van der Waals surface area contributed by atoms with Crippen molar-refractivity contribution in [3.8, 4) is 0 Å². The highest BCUT2D eigenvalue weighted by molar-refractivity contribution is 5.80. The number of likely N-dealkylation sites (tertiary alicyclic amines) is 1. The minimum absolute atomic E-state index is 0.475. The summed E-state index contributed by atoms with van der Waals surface area (Å²) in [6, 6.07) is 16.4. The van der Waals surface area contributed by atoms with Crippen LogP contribution in [0.1, 0.15) is 49.6 Å². The molecule has 2 heterocycles. The Kier molecular flexibility index (Phi) is 7.15. The van der Waals surface area contributed by atoms with E-state index in [0.717, 1.165) is 56.5 Å². The van der Waals surface area contributed by atoms with Gasteiger partial charge in [0.15, 0.2) is 0 Å². The Morgan fingerprint density at radius 1 is 1.09 bits per heavy atom. The number of methoxy groups -OCH3 is 1. The number of hydrogen-bond donors (Lipinski definition) is 1. The molecule has 2 aromatic carbocycles. The van der Waals surface area contributed by atoms with Gasteiger partial charge < -0.3 is 19.3 Å². The summed E-state index contributed by atoms with van der Waals surface area (Å²) in [4.78, 5) is 19.0. The van der Waals surface area contributed by atoms with Gasteiger partial charge in [0.05, 0.1) is 23.1 Å². The van der Waals surface area contributed by atoms with Crippen molar-refractivity contribution in [3.63, 3.8) is 0 Å². The number of aliphatic carboxylic acids is 1. The van der Waals surface area contributed by atoms with Crippen molar-refractivity contribution < 1.29 is 14.6 Å². The number of benzene rings is 2. The van der Waals surface area contributed by atoms with Crippen LogP contribution in [0.3, 0.4) is 0 Å². The Morgan fingerprint density at radius 3 is 2.45 bits per heavy atom. The maximum Gasteiger partial charge on any atom is 0.313 e. The summed E-state index contributed by atoms with van der Waals surface area (Å²) in [6.45, 7) is 8.19. The fourth-order valence-corrected chi connectivity index (χ4v) is 4.74. The summed E-state index contributed by atoms with van der Waals surface area (Å²) in [5.74, 6) is 0.876. The number of carboxylic acid groups (broad SMARTS) is 1. The molecular formula is C27H35N3O3. The van der Waals surface area contributed by atoms with Crippen molar-refractivity contribution in [1.82, 2.24) is 14.5 Å². The number of fused-ring (bicyclic) bond motifs is 1. The van der Waals surface area contributed by atoms with Crippen molar-refractivity contribution in [2.24, 2.45) is 0 Å². The molecule has 0 unspecified atom stereocenters. The van der Waals surface area contributed by atoms with E-state index in [1.54, 1.807) is 21.0 Å². The third-order valence-corrected chi connectivity index (χ3v) is 7.08. The molecule has 0 amide bonds. The second-order valence-corrected chi connectivity index (χ2v) is 9.60. The second-order valence-electron chi connectivity index (χ2n) is 9.60. The van der Waals surface area contributed by atoms with E-state index in [4.69, 9.17) is 9.72 Å². The average molecular weight is 450 g/mol. The van der Waals surface area contributed by atoms with Gasteiger partial charge in [0.25, 0.3) is 0 Å². The molecule has 0 aliphatic carbocycles. The summed E-state index contributed by atoms with van der Waals surface area (Å²) in [7, 11) is 1.75. The molecule has 1 aliphatic heterocycles. The Hall–Kier alpha value is -2.70.